The lowest BCUT2D eigenvalue weighted by Crippen LogP contribution is -2.50. The Labute approximate surface area is 137 Å². The van der Waals surface area contributed by atoms with Gasteiger partial charge >= 0.3 is 5.97 Å². The quantitative estimate of drug-likeness (QED) is 0.759. The van der Waals surface area contributed by atoms with E-state index in [9.17, 15) is 9.59 Å². The third-order valence-corrected chi connectivity index (χ3v) is 4.12. The molecule has 1 amide bonds. The molecular weight excluding hydrogens is 316 g/mol. The maximum absolute atomic E-state index is 12.0. The molecule has 0 saturated carbocycles. The molecule has 0 aliphatic rings. The Kier molecular flexibility index (Phi) is 5.46. The van der Waals surface area contributed by atoms with Crippen molar-refractivity contribution >= 4 is 39.5 Å². The standard InChI is InChI=1S/C16H18N2O4S/c1-16(10-22-2,9-15(20)21)18-13(19)7-8-14-17-11-5-3-4-6-12(11)23-14/h3-8H,9-10H2,1-2H3,(H,18,19)(H,20,21)/b8-7+. The molecule has 0 radical (unpaired) electrons. The van der Waals surface area contributed by atoms with Crippen LogP contribution >= 0.6 is 11.3 Å². The third-order valence-electron chi connectivity index (χ3n) is 3.12. The van der Waals surface area contributed by atoms with Gasteiger partial charge in [0, 0.05) is 13.2 Å². The summed E-state index contributed by atoms with van der Waals surface area (Å²) in [6.45, 7) is 1.74. The van der Waals surface area contributed by atoms with Crippen molar-refractivity contribution in [3.05, 3.63) is 35.3 Å². The number of methoxy groups -OCH3 is 1. The Morgan fingerprint density at radius 3 is 2.83 bits per heavy atom. The van der Waals surface area contributed by atoms with Gasteiger partial charge in [-0.25, -0.2) is 4.98 Å². The number of aromatic nitrogens is 1. The molecule has 6 nitrogen and oxygen atoms in total. The van der Waals surface area contributed by atoms with Crippen molar-refractivity contribution in [2.24, 2.45) is 0 Å². The molecule has 7 heteroatoms. The van der Waals surface area contributed by atoms with Crippen LogP contribution in [0.3, 0.4) is 0 Å². The minimum Gasteiger partial charge on any atom is -0.481 e. The van der Waals surface area contributed by atoms with Crippen molar-refractivity contribution < 1.29 is 19.4 Å². The molecule has 0 fully saturated rings. The van der Waals surface area contributed by atoms with Crippen LogP contribution < -0.4 is 5.32 Å². The Morgan fingerprint density at radius 1 is 1.43 bits per heavy atom. The number of amides is 1. The number of benzene rings is 1. The van der Waals surface area contributed by atoms with Crippen molar-refractivity contribution in [3.63, 3.8) is 0 Å². The van der Waals surface area contributed by atoms with E-state index in [0.717, 1.165) is 10.2 Å². The van der Waals surface area contributed by atoms with E-state index in [1.807, 2.05) is 24.3 Å². The number of carbonyl (C=O) groups excluding carboxylic acids is 1. The van der Waals surface area contributed by atoms with Gasteiger partial charge in [0.1, 0.15) is 5.01 Å². The zero-order chi connectivity index (χ0) is 16.9. The van der Waals surface area contributed by atoms with E-state index in [1.54, 1.807) is 13.0 Å². The number of thiazole rings is 1. The van der Waals surface area contributed by atoms with Gasteiger partial charge in [-0.05, 0) is 25.1 Å². The summed E-state index contributed by atoms with van der Waals surface area (Å²) in [5.74, 6) is -1.38. The molecule has 0 aliphatic heterocycles. The molecule has 0 spiro atoms. The van der Waals surface area contributed by atoms with Gasteiger partial charge in [-0.2, -0.15) is 0 Å². The number of carboxylic acids is 1. The number of carbonyl (C=O) groups is 2. The molecule has 1 heterocycles. The second-order valence-corrected chi connectivity index (χ2v) is 6.47. The largest absolute Gasteiger partial charge is 0.481 e. The smallest absolute Gasteiger partial charge is 0.305 e. The summed E-state index contributed by atoms with van der Waals surface area (Å²) in [7, 11) is 1.46. The maximum Gasteiger partial charge on any atom is 0.305 e. The number of hydrogen-bond donors (Lipinski definition) is 2. The van der Waals surface area contributed by atoms with Gasteiger partial charge in [0.15, 0.2) is 0 Å². The molecule has 1 unspecified atom stereocenters. The van der Waals surface area contributed by atoms with Crippen molar-refractivity contribution in [1.82, 2.24) is 10.3 Å². The predicted octanol–water partition coefficient (Wildman–Crippen LogP) is 2.31. The van der Waals surface area contributed by atoms with Crippen LogP contribution in [0.5, 0.6) is 0 Å². The molecule has 122 valence electrons. The topological polar surface area (TPSA) is 88.5 Å². The molecule has 1 aromatic carbocycles. The first kappa shape index (κ1) is 17.1. The highest BCUT2D eigenvalue weighted by Crippen LogP contribution is 2.22. The molecule has 0 saturated heterocycles. The van der Waals surface area contributed by atoms with E-state index in [0.29, 0.717) is 5.01 Å². The normalized spacial score (nSPS) is 14.0. The summed E-state index contributed by atoms with van der Waals surface area (Å²) >= 11 is 1.48. The van der Waals surface area contributed by atoms with E-state index in [4.69, 9.17) is 9.84 Å². The Hall–Kier alpha value is -2.25. The van der Waals surface area contributed by atoms with Crippen molar-refractivity contribution in [2.45, 2.75) is 18.9 Å². The van der Waals surface area contributed by atoms with Crippen LogP contribution in [0.15, 0.2) is 30.3 Å². The SMILES string of the molecule is COCC(C)(CC(=O)O)NC(=O)/C=C/c1nc2ccccc2s1. The number of para-hydroxylation sites is 1. The van der Waals surface area contributed by atoms with Crippen LogP contribution in [0.1, 0.15) is 18.4 Å². The van der Waals surface area contributed by atoms with Crippen LogP contribution in [0.25, 0.3) is 16.3 Å². The van der Waals surface area contributed by atoms with E-state index in [-0.39, 0.29) is 18.9 Å². The molecule has 0 bridgehead atoms. The highest BCUT2D eigenvalue weighted by molar-refractivity contribution is 7.19. The predicted molar refractivity (Wildman–Crippen MR) is 89.3 cm³/mol. The molecule has 0 aliphatic carbocycles. The Morgan fingerprint density at radius 2 is 2.17 bits per heavy atom. The number of hydrogen-bond acceptors (Lipinski definition) is 5. The van der Waals surface area contributed by atoms with Crippen LogP contribution in [0, 0.1) is 0 Å². The number of rotatable bonds is 7. The molecule has 2 aromatic rings. The zero-order valence-corrected chi connectivity index (χ0v) is 13.7. The van der Waals surface area contributed by atoms with Crippen LogP contribution in [-0.2, 0) is 14.3 Å². The number of nitrogens with zero attached hydrogens (tertiary/aromatic N) is 1. The zero-order valence-electron chi connectivity index (χ0n) is 12.9. The Bertz CT molecular complexity index is 708. The van der Waals surface area contributed by atoms with E-state index < -0.39 is 11.5 Å². The molecule has 2 N–H and O–H groups in total. The molecule has 23 heavy (non-hydrogen) atoms. The molecule has 2 rings (SSSR count). The number of nitrogens with one attached hydrogen (secondary N) is 1. The average molecular weight is 334 g/mol. The second-order valence-electron chi connectivity index (χ2n) is 5.41. The van der Waals surface area contributed by atoms with Crippen LogP contribution in [0.4, 0.5) is 0 Å². The van der Waals surface area contributed by atoms with Gasteiger partial charge in [-0.3, -0.25) is 9.59 Å². The number of ether oxygens (including phenoxy) is 1. The lowest BCUT2D eigenvalue weighted by atomic mass is 9.99. The fourth-order valence-electron chi connectivity index (χ4n) is 2.23. The summed E-state index contributed by atoms with van der Waals surface area (Å²) in [5.41, 5.74) is -0.0806. The summed E-state index contributed by atoms with van der Waals surface area (Å²) in [4.78, 5) is 27.3. The first-order valence-electron chi connectivity index (χ1n) is 6.98. The molecular formula is C16H18N2O4S. The Balaban J connectivity index is 2.06. The van der Waals surface area contributed by atoms with Gasteiger partial charge in [0.25, 0.3) is 0 Å². The van der Waals surface area contributed by atoms with Crippen molar-refractivity contribution in [3.8, 4) is 0 Å². The van der Waals surface area contributed by atoms with Crippen molar-refractivity contribution in [2.75, 3.05) is 13.7 Å². The summed E-state index contributed by atoms with van der Waals surface area (Å²) in [6.07, 6.45) is 2.75. The van der Waals surface area contributed by atoms with Gasteiger partial charge < -0.3 is 15.2 Å². The van der Waals surface area contributed by atoms with Gasteiger partial charge in [-0.15, -0.1) is 11.3 Å². The lowest BCUT2D eigenvalue weighted by Gasteiger charge is -2.27. The minimum absolute atomic E-state index is 0.111. The third kappa shape index (κ3) is 4.87. The molecule has 1 aromatic heterocycles. The highest BCUT2D eigenvalue weighted by atomic mass is 32.1. The highest BCUT2D eigenvalue weighted by Gasteiger charge is 2.28. The monoisotopic (exact) mass is 334 g/mol. The summed E-state index contributed by atoms with van der Waals surface area (Å²) < 4.78 is 6.04. The first-order valence-corrected chi connectivity index (χ1v) is 7.80. The minimum atomic E-state index is -1.000. The fourth-order valence-corrected chi connectivity index (χ4v) is 3.10. The average Bonchev–Trinajstić information content (AvgIpc) is 2.87. The van der Waals surface area contributed by atoms with Gasteiger partial charge in [0.05, 0.1) is 28.8 Å². The lowest BCUT2D eigenvalue weighted by molar-refractivity contribution is -0.139. The number of aliphatic carboxylic acids is 1. The molecule has 1 atom stereocenters. The first-order chi connectivity index (χ1) is 10.9. The van der Waals surface area contributed by atoms with Gasteiger partial charge in [-0.1, -0.05) is 12.1 Å². The second kappa shape index (κ2) is 7.34. The van der Waals surface area contributed by atoms with Crippen molar-refractivity contribution in [1.29, 1.82) is 0 Å². The van der Waals surface area contributed by atoms with Crippen LogP contribution in [-0.4, -0.2) is 41.2 Å². The fraction of sp³-hybridized carbons (Fsp3) is 0.312. The number of fused-ring (bicyclic) bond motifs is 1. The van der Waals surface area contributed by atoms with E-state index in [1.165, 1.54) is 24.5 Å². The summed E-state index contributed by atoms with van der Waals surface area (Å²) in [6, 6.07) is 7.71. The summed E-state index contributed by atoms with van der Waals surface area (Å²) in [5, 5.41) is 12.3. The van der Waals surface area contributed by atoms with E-state index in [2.05, 4.69) is 10.3 Å². The maximum atomic E-state index is 12.0. The van der Waals surface area contributed by atoms with E-state index >= 15 is 0 Å². The number of carboxylic acid groups (broad SMARTS) is 1. The van der Waals surface area contributed by atoms with Gasteiger partial charge in [0.2, 0.25) is 5.91 Å². The van der Waals surface area contributed by atoms with Crippen LogP contribution in [0.2, 0.25) is 0 Å².